The number of aliphatic hydroxyl groups is 1. The summed E-state index contributed by atoms with van der Waals surface area (Å²) in [6.45, 7) is 1.77. The van der Waals surface area contributed by atoms with Crippen molar-refractivity contribution >= 4 is 39.2 Å². The van der Waals surface area contributed by atoms with Crippen molar-refractivity contribution in [1.82, 2.24) is 10.3 Å². The van der Waals surface area contributed by atoms with Gasteiger partial charge in [-0.1, -0.05) is 104 Å². The normalized spacial score (nSPS) is 18.7. The summed E-state index contributed by atoms with van der Waals surface area (Å²) >= 11 is 3.27. The van der Waals surface area contributed by atoms with Gasteiger partial charge in [-0.2, -0.15) is 0 Å². The molecule has 7 rings (SSSR count). The predicted molar refractivity (Wildman–Crippen MR) is 193 cm³/mol. The van der Waals surface area contributed by atoms with Gasteiger partial charge in [0.25, 0.3) is 5.91 Å². The van der Waals surface area contributed by atoms with E-state index < -0.39 is 46.8 Å². The molecule has 272 valence electrons. The van der Waals surface area contributed by atoms with Crippen LogP contribution in [0.4, 0.5) is 22.0 Å². The first-order valence-electron chi connectivity index (χ1n) is 16.6. The number of carbonyl (C=O) groups is 1. The molecule has 2 N–H and O–H groups in total. The van der Waals surface area contributed by atoms with E-state index in [4.69, 9.17) is 14.5 Å². The Labute approximate surface area is 309 Å². The number of para-hydroxylation sites is 1. The Morgan fingerprint density at radius 2 is 1.45 bits per heavy atom. The van der Waals surface area contributed by atoms with Gasteiger partial charge in [0.2, 0.25) is 5.82 Å². The first kappa shape index (κ1) is 36.7. The van der Waals surface area contributed by atoms with E-state index in [0.29, 0.717) is 16.9 Å². The van der Waals surface area contributed by atoms with Crippen LogP contribution < -0.4 is 5.32 Å². The fraction of sp³-hybridized carbons (Fsp3) is 0.200. The van der Waals surface area contributed by atoms with Crippen molar-refractivity contribution in [3.63, 3.8) is 0 Å². The van der Waals surface area contributed by atoms with E-state index in [1.165, 1.54) is 0 Å². The van der Waals surface area contributed by atoms with E-state index in [-0.39, 0.29) is 31.3 Å². The molecule has 0 aliphatic carbocycles. The molecule has 0 spiro atoms. The topological polar surface area (TPSA) is 80.7 Å². The van der Waals surface area contributed by atoms with Crippen LogP contribution in [0.1, 0.15) is 51.9 Å². The van der Waals surface area contributed by atoms with E-state index in [1.54, 1.807) is 47.4 Å². The highest BCUT2D eigenvalue weighted by atomic mass is 32.2. The Hall–Kier alpha value is -4.66. The van der Waals surface area contributed by atoms with Crippen molar-refractivity contribution in [1.29, 1.82) is 0 Å². The summed E-state index contributed by atoms with van der Waals surface area (Å²) in [4.78, 5) is 17.4. The minimum absolute atomic E-state index is 0.0284. The van der Waals surface area contributed by atoms with Crippen LogP contribution in [-0.2, 0) is 22.6 Å². The molecule has 4 atom stereocenters. The number of aliphatic hydroxyl groups excluding tert-OH is 1. The van der Waals surface area contributed by atoms with Crippen molar-refractivity contribution in [3.05, 3.63) is 154 Å². The number of fused-ring (bicyclic) bond motifs is 1. The van der Waals surface area contributed by atoms with Crippen molar-refractivity contribution in [3.8, 4) is 11.1 Å². The fourth-order valence-corrected chi connectivity index (χ4v) is 8.48. The molecule has 1 aromatic heterocycles. The maximum atomic E-state index is 14.3. The van der Waals surface area contributed by atoms with Gasteiger partial charge in [0.05, 0.1) is 29.0 Å². The lowest BCUT2D eigenvalue weighted by Crippen LogP contribution is -2.38. The maximum absolute atomic E-state index is 14.3. The Morgan fingerprint density at radius 3 is 2.15 bits per heavy atom. The number of ether oxygens (including phenoxy) is 2. The van der Waals surface area contributed by atoms with Gasteiger partial charge in [-0.3, -0.25) is 4.79 Å². The maximum Gasteiger partial charge on any atom is 0.257 e. The molecular formula is C40H31F5N2O4S2. The number of carbonyl (C=O) groups excluding carboxylic acids is 1. The Morgan fingerprint density at radius 1 is 0.811 bits per heavy atom. The average molecular weight is 763 g/mol. The van der Waals surface area contributed by atoms with Gasteiger partial charge < -0.3 is 19.9 Å². The number of nitrogens with zero attached hydrogens (tertiary/aromatic N) is 1. The highest BCUT2D eigenvalue weighted by Crippen LogP contribution is 2.44. The Kier molecular flexibility index (Phi) is 10.9. The largest absolute Gasteiger partial charge is 0.392 e. The zero-order valence-electron chi connectivity index (χ0n) is 28.0. The second kappa shape index (κ2) is 15.7. The average Bonchev–Trinajstić information content (AvgIpc) is 3.62. The molecule has 6 nitrogen and oxygen atoms in total. The Balaban J connectivity index is 1.11. The summed E-state index contributed by atoms with van der Waals surface area (Å²) in [5.41, 5.74) is 3.84. The number of hydrogen-bond acceptors (Lipinski definition) is 7. The van der Waals surface area contributed by atoms with Crippen molar-refractivity contribution in [2.45, 2.75) is 42.9 Å². The first-order valence-corrected chi connectivity index (χ1v) is 18.4. The Bertz CT molecular complexity index is 2210. The predicted octanol–water partition coefficient (Wildman–Crippen LogP) is 9.66. The molecule has 0 bridgehead atoms. The van der Waals surface area contributed by atoms with Gasteiger partial charge >= 0.3 is 0 Å². The van der Waals surface area contributed by atoms with Gasteiger partial charge in [0, 0.05) is 23.8 Å². The molecule has 13 heteroatoms. The lowest BCUT2D eigenvalue weighted by molar-refractivity contribution is -0.268. The number of rotatable bonds is 10. The molecule has 0 radical (unpaired) electrons. The first-order chi connectivity index (χ1) is 25.6. The molecule has 1 aliphatic heterocycles. The molecule has 6 aromatic rings. The molecule has 2 heterocycles. The summed E-state index contributed by atoms with van der Waals surface area (Å²) in [6, 6.07) is 30.0. The second-order valence-electron chi connectivity index (χ2n) is 12.5. The quantitative estimate of drug-likeness (QED) is 0.0627. The lowest BCUT2D eigenvalue weighted by Gasteiger charge is -2.41. The third kappa shape index (κ3) is 7.58. The second-order valence-corrected chi connectivity index (χ2v) is 14.8. The number of hydrogen-bond donors (Lipinski definition) is 2. The van der Waals surface area contributed by atoms with Gasteiger partial charge in [0.15, 0.2) is 33.9 Å². The van der Waals surface area contributed by atoms with Gasteiger partial charge in [-0.05, 0) is 39.9 Å². The summed E-state index contributed by atoms with van der Waals surface area (Å²) in [7, 11) is 0. The molecule has 0 unspecified atom stereocenters. The molecule has 0 saturated carbocycles. The minimum atomic E-state index is -2.34. The number of nitrogens with one attached hydrogen (secondary N) is 1. The number of amides is 1. The SMILES string of the molecule is C[C@@H]1[C@H](CSc2nc3ccccc3s2)O[C@H](c2ccc(-c3ccccc3CNC(=O)c3c(F)c(F)c(F)c(F)c3F)cc2)O[C@@H]1c1ccc(CO)cc1. The summed E-state index contributed by atoms with van der Waals surface area (Å²) in [5, 5.41) is 11.9. The van der Waals surface area contributed by atoms with E-state index in [2.05, 4.69) is 12.2 Å². The van der Waals surface area contributed by atoms with Crippen LogP contribution in [0, 0.1) is 35.0 Å². The molecule has 1 fully saturated rings. The third-order valence-corrected chi connectivity index (χ3v) is 11.4. The molecular weight excluding hydrogens is 732 g/mol. The zero-order valence-corrected chi connectivity index (χ0v) is 29.6. The van der Waals surface area contributed by atoms with Crippen molar-refractivity contribution in [2.24, 2.45) is 5.92 Å². The van der Waals surface area contributed by atoms with Crippen LogP contribution in [0.5, 0.6) is 0 Å². The smallest absolute Gasteiger partial charge is 0.257 e. The van der Waals surface area contributed by atoms with E-state index in [0.717, 1.165) is 36.8 Å². The molecule has 5 aromatic carbocycles. The highest BCUT2D eigenvalue weighted by molar-refractivity contribution is 8.01. The zero-order chi connectivity index (χ0) is 37.2. The fourth-order valence-electron chi connectivity index (χ4n) is 6.22. The van der Waals surface area contributed by atoms with Gasteiger partial charge in [-0.25, -0.2) is 26.9 Å². The highest BCUT2D eigenvalue weighted by Gasteiger charge is 2.38. The van der Waals surface area contributed by atoms with Crippen molar-refractivity contribution < 1.29 is 41.3 Å². The van der Waals surface area contributed by atoms with Crippen LogP contribution in [0.25, 0.3) is 21.3 Å². The van der Waals surface area contributed by atoms with E-state index in [9.17, 15) is 31.9 Å². The number of thiazole rings is 1. The van der Waals surface area contributed by atoms with Gasteiger partial charge in [-0.15, -0.1) is 11.3 Å². The lowest BCUT2D eigenvalue weighted by atomic mass is 9.91. The summed E-state index contributed by atoms with van der Waals surface area (Å²) < 4.78 is 84.7. The van der Waals surface area contributed by atoms with Crippen LogP contribution in [0.2, 0.25) is 0 Å². The van der Waals surface area contributed by atoms with Crippen LogP contribution in [-0.4, -0.2) is 27.9 Å². The van der Waals surface area contributed by atoms with Crippen LogP contribution >= 0.6 is 23.1 Å². The minimum Gasteiger partial charge on any atom is -0.392 e. The number of thioether (sulfide) groups is 1. The molecule has 1 amide bonds. The third-order valence-electron chi connectivity index (χ3n) is 9.16. The number of benzene rings is 5. The van der Waals surface area contributed by atoms with Crippen molar-refractivity contribution in [2.75, 3.05) is 5.75 Å². The van der Waals surface area contributed by atoms with Crippen LogP contribution in [0.3, 0.4) is 0 Å². The molecule has 1 aliphatic rings. The standard InChI is InChI=1S/C40H31F5N2O4S2/c1-21-29(20-52-40-47-28-8-4-5-9-30(28)53-40)50-39(51-37(21)24-12-10-22(19-48)11-13-24)25-16-14-23(15-17-25)27-7-3-2-6-26(27)18-46-38(49)31-32(41)34(43)36(45)35(44)33(31)42/h2-17,21,29,37,39,48H,18-20H2,1H3,(H,46,49)/t21-,29+,37+,39+/m1/s1. The molecule has 53 heavy (non-hydrogen) atoms. The van der Waals surface area contributed by atoms with Gasteiger partial charge in [0.1, 0.15) is 5.56 Å². The molecule has 1 saturated heterocycles. The summed E-state index contributed by atoms with van der Waals surface area (Å²) in [5.74, 6) is -12.0. The van der Waals surface area contributed by atoms with E-state index in [1.807, 2.05) is 72.8 Å². The van der Waals surface area contributed by atoms with Crippen LogP contribution in [0.15, 0.2) is 101 Å². The number of aromatic nitrogens is 1. The summed E-state index contributed by atoms with van der Waals surface area (Å²) in [6.07, 6.45) is -1.25. The van der Waals surface area contributed by atoms with E-state index >= 15 is 0 Å². The number of halogens is 5. The monoisotopic (exact) mass is 762 g/mol.